The molecule has 4 nitrogen and oxygen atoms in total. The first-order chi connectivity index (χ1) is 8.72. The lowest BCUT2D eigenvalue weighted by Gasteiger charge is -2.23. The van der Waals surface area contributed by atoms with Crippen molar-refractivity contribution in [1.29, 1.82) is 5.26 Å². The maximum Gasteiger partial charge on any atom is 0.185 e. The van der Waals surface area contributed by atoms with Crippen LogP contribution in [-0.2, 0) is 14.3 Å². The standard InChI is InChI=1S/C13H12BrNO3/c14-10-3-1-9(2-4-10)11(7-15)13(16)12-8-17-5-6-18-12/h1-4,11-12H,5-6,8H2. The van der Waals surface area contributed by atoms with Gasteiger partial charge in [-0.2, -0.15) is 5.26 Å². The smallest absolute Gasteiger partial charge is 0.185 e. The SMILES string of the molecule is N#CC(C(=O)C1COCCO1)c1ccc(Br)cc1. The van der Waals surface area contributed by atoms with E-state index >= 15 is 0 Å². The minimum Gasteiger partial charge on any atom is -0.376 e. The van der Waals surface area contributed by atoms with E-state index < -0.39 is 12.0 Å². The highest BCUT2D eigenvalue weighted by Crippen LogP contribution is 2.22. The number of carbonyl (C=O) groups excluding carboxylic acids is 1. The zero-order valence-electron chi connectivity index (χ0n) is 9.64. The Hall–Kier alpha value is -1.22. The highest BCUT2D eigenvalue weighted by atomic mass is 79.9. The zero-order valence-corrected chi connectivity index (χ0v) is 11.2. The number of rotatable bonds is 3. The van der Waals surface area contributed by atoms with E-state index in [1.54, 1.807) is 12.1 Å². The second kappa shape index (κ2) is 6.10. The molecule has 2 rings (SSSR count). The van der Waals surface area contributed by atoms with Gasteiger partial charge in [0.25, 0.3) is 0 Å². The lowest BCUT2D eigenvalue weighted by atomic mass is 9.93. The maximum atomic E-state index is 12.2. The molecule has 0 N–H and O–H groups in total. The minimum atomic E-state index is -0.801. The lowest BCUT2D eigenvalue weighted by molar-refractivity contribution is -0.145. The molecule has 0 radical (unpaired) electrons. The summed E-state index contributed by atoms with van der Waals surface area (Å²) in [5.74, 6) is -1.04. The molecule has 0 aliphatic carbocycles. The summed E-state index contributed by atoms with van der Waals surface area (Å²) in [6.45, 7) is 1.13. The summed E-state index contributed by atoms with van der Waals surface area (Å²) in [7, 11) is 0. The quantitative estimate of drug-likeness (QED) is 0.857. The first kappa shape index (κ1) is 13.2. The molecule has 0 spiro atoms. The van der Waals surface area contributed by atoms with Gasteiger partial charge in [0.1, 0.15) is 12.0 Å². The van der Waals surface area contributed by atoms with Gasteiger partial charge < -0.3 is 9.47 Å². The fraction of sp³-hybridized carbons (Fsp3) is 0.385. The Morgan fingerprint density at radius 1 is 1.39 bits per heavy atom. The van der Waals surface area contributed by atoms with E-state index in [1.165, 1.54) is 0 Å². The van der Waals surface area contributed by atoms with Crippen LogP contribution in [0.4, 0.5) is 0 Å². The predicted octanol–water partition coefficient (Wildman–Crippen LogP) is 2.04. The average Bonchev–Trinajstić information content (AvgIpc) is 2.42. The van der Waals surface area contributed by atoms with Crippen molar-refractivity contribution in [3.8, 4) is 6.07 Å². The molecular weight excluding hydrogens is 298 g/mol. The molecular formula is C13H12BrNO3. The molecule has 94 valence electrons. The van der Waals surface area contributed by atoms with Crippen LogP contribution in [0.25, 0.3) is 0 Å². The van der Waals surface area contributed by atoms with Gasteiger partial charge >= 0.3 is 0 Å². The van der Waals surface area contributed by atoms with E-state index in [9.17, 15) is 10.1 Å². The summed E-state index contributed by atoms with van der Waals surface area (Å²) in [6.07, 6.45) is -0.632. The Morgan fingerprint density at radius 3 is 2.67 bits per heavy atom. The molecule has 2 atom stereocenters. The number of ketones is 1. The molecule has 1 aromatic rings. The number of nitrogens with zero attached hydrogens (tertiary/aromatic N) is 1. The van der Waals surface area contributed by atoms with Crippen molar-refractivity contribution < 1.29 is 14.3 Å². The van der Waals surface area contributed by atoms with Crippen LogP contribution in [-0.4, -0.2) is 31.7 Å². The van der Waals surface area contributed by atoms with E-state index in [0.29, 0.717) is 18.8 Å². The fourth-order valence-electron chi connectivity index (χ4n) is 1.80. The van der Waals surface area contributed by atoms with Crippen molar-refractivity contribution in [2.75, 3.05) is 19.8 Å². The minimum absolute atomic E-state index is 0.230. The first-order valence-electron chi connectivity index (χ1n) is 5.60. The number of Topliss-reactive ketones (excluding diaryl/α,β-unsaturated/α-hetero) is 1. The number of benzene rings is 1. The highest BCUT2D eigenvalue weighted by Gasteiger charge is 2.30. The predicted molar refractivity (Wildman–Crippen MR) is 68.1 cm³/mol. The average molecular weight is 310 g/mol. The molecule has 1 heterocycles. The molecule has 1 aliphatic heterocycles. The number of carbonyl (C=O) groups is 1. The third-order valence-electron chi connectivity index (χ3n) is 2.75. The van der Waals surface area contributed by atoms with Crippen molar-refractivity contribution in [3.05, 3.63) is 34.3 Å². The maximum absolute atomic E-state index is 12.2. The molecule has 2 unspecified atom stereocenters. The summed E-state index contributed by atoms with van der Waals surface area (Å²) in [4.78, 5) is 12.2. The van der Waals surface area contributed by atoms with Crippen molar-refractivity contribution in [3.63, 3.8) is 0 Å². The van der Waals surface area contributed by atoms with Gasteiger partial charge in [-0.3, -0.25) is 4.79 Å². The number of halogens is 1. The Kier molecular flexibility index (Phi) is 4.48. The van der Waals surface area contributed by atoms with Gasteiger partial charge in [-0.1, -0.05) is 28.1 Å². The van der Waals surface area contributed by atoms with E-state index in [4.69, 9.17) is 9.47 Å². The van der Waals surface area contributed by atoms with Crippen molar-refractivity contribution >= 4 is 21.7 Å². The molecule has 18 heavy (non-hydrogen) atoms. The van der Waals surface area contributed by atoms with Crippen LogP contribution in [0, 0.1) is 11.3 Å². The van der Waals surface area contributed by atoms with Crippen LogP contribution in [0.5, 0.6) is 0 Å². The Bertz CT molecular complexity index is 460. The molecule has 1 aromatic carbocycles. The van der Waals surface area contributed by atoms with Crippen LogP contribution in [0.15, 0.2) is 28.7 Å². The van der Waals surface area contributed by atoms with Crippen LogP contribution in [0.3, 0.4) is 0 Å². The van der Waals surface area contributed by atoms with Crippen LogP contribution in [0.1, 0.15) is 11.5 Å². The molecule has 0 aromatic heterocycles. The first-order valence-corrected chi connectivity index (χ1v) is 6.40. The fourth-order valence-corrected chi connectivity index (χ4v) is 2.06. The van der Waals surface area contributed by atoms with Crippen molar-refractivity contribution in [2.24, 2.45) is 0 Å². The van der Waals surface area contributed by atoms with E-state index in [-0.39, 0.29) is 12.4 Å². The van der Waals surface area contributed by atoms with E-state index in [0.717, 1.165) is 4.47 Å². The summed E-state index contributed by atoms with van der Waals surface area (Å²) in [5.41, 5.74) is 0.680. The Morgan fingerprint density at radius 2 is 2.11 bits per heavy atom. The van der Waals surface area contributed by atoms with Gasteiger partial charge in [-0.25, -0.2) is 0 Å². The summed E-state index contributed by atoms with van der Waals surface area (Å²) >= 11 is 3.32. The molecule has 0 amide bonds. The van der Waals surface area contributed by atoms with Gasteiger partial charge in [-0.05, 0) is 17.7 Å². The van der Waals surface area contributed by atoms with Gasteiger partial charge in [0.15, 0.2) is 5.78 Å². The molecule has 0 saturated carbocycles. The molecule has 1 fully saturated rings. The van der Waals surface area contributed by atoms with Crippen molar-refractivity contribution in [2.45, 2.75) is 12.0 Å². The summed E-state index contributed by atoms with van der Waals surface area (Å²) < 4.78 is 11.4. The summed E-state index contributed by atoms with van der Waals surface area (Å²) in [6, 6.07) is 9.18. The van der Waals surface area contributed by atoms with Crippen LogP contribution in [0.2, 0.25) is 0 Å². The molecule has 0 bridgehead atoms. The normalized spacial score (nSPS) is 21.0. The molecule has 1 saturated heterocycles. The van der Waals surface area contributed by atoms with Gasteiger partial charge in [0, 0.05) is 4.47 Å². The van der Waals surface area contributed by atoms with Gasteiger partial charge in [0.2, 0.25) is 0 Å². The summed E-state index contributed by atoms with van der Waals surface area (Å²) in [5, 5.41) is 9.17. The van der Waals surface area contributed by atoms with E-state index in [2.05, 4.69) is 15.9 Å². The van der Waals surface area contributed by atoms with Gasteiger partial charge in [0.05, 0.1) is 25.9 Å². The van der Waals surface area contributed by atoms with Crippen LogP contribution < -0.4 is 0 Å². The van der Waals surface area contributed by atoms with Crippen molar-refractivity contribution in [1.82, 2.24) is 0 Å². The molecule has 5 heteroatoms. The van der Waals surface area contributed by atoms with Crippen LogP contribution >= 0.6 is 15.9 Å². The molecule has 1 aliphatic rings. The number of nitriles is 1. The second-order valence-corrected chi connectivity index (χ2v) is 4.87. The van der Waals surface area contributed by atoms with E-state index in [1.807, 2.05) is 18.2 Å². The lowest BCUT2D eigenvalue weighted by Crippen LogP contribution is -2.38. The number of hydrogen-bond donors (Lipinski definition) is 0. The zero-order chi connectivity index (χ0) is 13.0. The third kappa shape index (κ3) is 2.96. The number of ether oxygens (including phenoxy) is 2. The highest BCUT2D eigenvalue weighted by molar-refractivity contribution is 9.10. The number of hydrogen-bond acceptors (Lipinski definition) is 4. The largest absolute Gasteiger partial charge is 0.376 e. The second-order valence-electron chi connectivity index (χ2n) is 3.95. The Balaban J connectivity index is 2.15. The van der Waals surface area contributed by atoms with Gasteiger partial charge in [-0.15, -0.1) is 0 Å². The third-order valence-corrected chi connectivity index (χ3v) is 3.28. The monoisotopic (exact) mass is 309 g/mol. The Labute approximate surface area is 114 Å². The topological polar surface area (TPSA) is 59.3 Å².